The summed E-state index contributed by atoms with van der Waals surface area (Å²) >= 11 is 0. The molecule has 0 aliphatic rings. The predicted octanol–water partition coefficient (Wildman–Crippen LogP) is 4.12. The lowest BCUT2D eigenvalue weighted by Gasteiger charge is -2.05. The fourth-order valence-corrected chi connectivity index (χ4v) is 1.96. The fraction of sp³-hybridized carbons (Fsp3) is 0.571. The van der Waals surface area contributed by atoms with Crippen molar-refractivity contribution in [2.45, 2.75) is 45.4 Å². The molecule has 4 heteroatoms. The summed E-state index contributed by atoms with van der Waals surface area (Å²) in [5.74, 6) is 0.353. The van der Waals surface area contributed by atoms with Crippen LogP contribution < -0.4 is 4.74 Å². The van der Waals surface area contributed by atoms with E-state index in [1.54, 1.807) is 6.07 Å². The molecular weight excluding hydrogens is 230 g/mol. The maximum Gasteiger partial charge on any atom is 0.310 e. The van der Waals surface area contributed by atoms with E-state index in [1.165, 1.54) is 38.9 Å². The highest BCUT2D eigenvalue weighted by atomic mass is 16.6. The molecule has 1 aromatic rings. The van der Waals surface area contributed by atoms with Crippen LogP contribution in [0, 0.1) is 10.1 Å². The number of unbranched alkanes of at least 4 members (excludes halogenated alkanes) is 4. The topological polar surface area (TPSA) is 52.4 Å². The van der Waals surface area contributed by atoms with Crippen LogP contribution in [0.2, 0.25) is 0 Å². The third-order valence-electron chi connectivity index (χ3n) is 3.01. The Morgan fingerprint density at radius 2 is 1.94 bits per heavy atom. The molecule has 0 heterocycles. The Hall–Kier alpha value is -1.58. The summed E-state index contributed by atoms with van der Waals surface area (Å²) < 4.78 is 5.05. The van der Waals surface area contributed by atoms with Gasteiger partial charge in [-0.3, -0.25) is 10.1 Å². The molecule has 0 fully saturated rings. The highest BCUT2D eigenvalue weighted by Crippen LogP contribution is 2.28. The van der Waals surface area contributed by atoms with Gasteiger partial charge < -0.3 is 4.74 Å². The van der Waals surface area contributed by atoms with Gasteiger partial charge in [0, 0.05) is 6.07 Å². The van der Waals surface area contributed by atoms with Gasteiger partial charge in [-0.15, -0.1) is 0 Å². The van der Waals surface area contributed by atoms with Crippen molar-refractivity contribution < 1.29 is 9.66 Å². The Morgan fingerprint density at radius 3 is 2.56 bits per heavy atom. The number of hydrogen-bond acceptors (Lipinski definition) is 3. The van der Waals surface area contributed by atoms with Crippen molar-refractivity contribution in [3.05, 3.63) is 33.9 Å². The first-order chi connectivity index (χ1) is 8.69. The summed E-state index contributed by atoms with van der Waals surface area (Å²) in [5, 5.41) is 10.7. The van der Waals surface area contributed by atoms with Gasteiger partial charge in [-0.2, -0.15) is 0 Å². The number of nitro groups is 1. The van der Waals surface area contributed by atoms with E-state index in [1.807, 2.05) is 6.07 Å². The van der Waals surface area contributed by atoms with Gasteiger partial charge in [0.2, 0.25) is 0 Å². The molecule has 0 amide bonds. The molecule has 0 radical (unpaired) electrons. The van der Waals surface area contributed by atoms with Gasteiger partial charge in [-0.1, -0.05) is 38.7 Å². The molecule has 4 nitrogen and oxygen atoms in total. The molecule has 0 saturated carbocycles. The Balaban J connectivity index is 2.54. The predicted molar refractivity (Wildman–Crippen MR) is 72.1 cm³/mol. The molecule has 0 bridgehead atoms. The van der Waals surface area contributed by atoms with Gasteiger partial charge in [0.25, 0.3) is 0 Å². The van der Waals surface area contributed by atoms with Crippen LogP contribution in [0.5, 0.6) is 5.75 Å². The van der Waals surface area contributed by atoms with E-state index in [4.69, 9.17) is 4.74 Å². The SMILES string of the molecule is CCCCCCCc1ccc([N+](=O)[O-])c(OC)c1. The van der Waals surface area contributed by atoms with E-state index in [2.05, 4.69) is 6.92 Å². The summed E-state index contributed by atoms with van der Waals surface area (Å²) in [6.45, 7) is 2.20. The first-order valence-electron chi connectivity index (χ1n) is 6.50. The highest BCUT2D eigenvalue weighted by Gasteiger charge is 2.14. The lowest BCUT2D eigenvalue weighted by molar-refractivity contribution is -0.385. The second-order valence-corrected chi connectivity index (χ2v) is 4.43. The average molecular weight is 251 g/mol. The van der Waals surface area contributed by atoms with Gasteiger partial charge in [-0.05, 0) is 24.5 Å². The van der Waals surface area contributed by atoms with Crippen LogP contribution in [0.15, 0.2) is 18.2 Å². The Labute approximate surface area is 108 Å². The van der Waals surface area contributed by atoms with Crippen molar-refractivity contribution in [2.75, 3.05) is 7.11 Å². The quantitative estimate of drug-likeness (QED) is 0.397. The van der Waals surface area contributed by atoms with Crippen LogP contribution in [0.4, 0.5) is 5.69 Å². The number of hydrogen-bond donors (Lipinski definition) is 0. The standard InChI is InChI=1S/C14H21NO3/c1-3-4-5-6-7-8-12-9-10-13(15(16)17)14(11-12)18-2/h9-11H,3-8H2,1-2H3. The van der Waals surface area contributed by atoms with Crippen molar-refractivity contribution in [3.63, 3.8) is 0 Å². The number of nitrogens with zero attached hydrogens (tertiary/aromatic N) is 1. The van der Waals surface area contributed by atoms with E-state index >= 15 is 0 Å². The van der Waals surface area contributed by atoms with Gasteiger partial charge >= 0.3 is 5.69 Å². The molecule has 0 saturated heterocycles. The van der Waals surface area contributed by atoms with Crippen LogP contribution in [-0.4, -0.2) is 12.0 Å². The number of nitro benzene ring substituents is 1. The Kier molecular flexibility index (Phi) is 6.19. The molecule has 0 aliphatic carbocycles. The smallest absolute Gasteiger partial charge is 0.310 e. The zero-order chi connectivity index (χ0) is 13.4. The second kappa shape index (κ2) is 7.69. The van der Waals surface area contributed by atoms with Crippen LogP contribution in [0.1, 0.15) is 44.6 Å². The molecule has 1 aromatic carbocycles. The number of benzene rings is 1. The highest BCUT2D eigenvalue weighted by molar-refractivity contribution is 5.48. The minimum Gasteiger partial charge on any atom is -0.490 e. The van der Waals surface area contributed by atoms with E-state index < -0.39 is 4.92 Å². The van der Waals surface area contributed by atoms with E-state index in [0.29, 0.717) is 5.75 Å². The van der Waals surface area contributed by atoms with Crippen LogP contribution in [0.3, 0.4) is 0 Å². The van der Waals surface area contributed by atoms with Crippen LogP contribution >= 0.6 is 0 Å². The second-order valence-electron chi connectivity index (χ2n) is 4.43. The molecule has 0 spiro atoms. The van der Waals surface area contributed by atoms with Crippen molar-refractivity contribution in [1.82, 2.24) is 0 Å². The number of methoxy groups -OCH3 is 1. The first-order valence-corrected chi connectivity index (χ1v) is 6.50. The molecule has 100 valence electrons. The van der Waals surface area contributed by atoms with E-state index in [9.17, 15) is 10.1 Å². The molecule has 18 heavy (non-hydrogen) atoms. The average Bonchev–Trinajstić information content (AvgIpc) is 2.38. The monoisotopic (exact) mass is 251 g/mol. The van der Waals surface area contributed by atoms with Crippen molar-refractivity contribution in [3.8, 4) is 5.75 Å². The zero-order valence-electron chi connectivity index (χ0n) is 11.1. The largest absolute Gasteiger partial charge is 0.490 e. The van der Waals surface area contributed by atoms with Gasteiger partial charge in [0.1, 0.15) is 0 Å². The van der Waals surface area contributed by atoms with Crippen LogP contribution in [0.25, 0.3) is 0 Å². The van der Waals surface area contributed by atoms with Gasteiger partial charge in [-0.25, -0.2) is 0 Å². The maximum atomic E-state index is 10.7. The third kappa shape index (κ3) is 4.35. The summed E-state index contributed by atoms with van der Waals surface area (Å²) in [5.41, 5.74) is 1.14. The summed E-state index contributed by atoms with van der Waals surface area (Å²) in [6.07, 6.45) is 7.09. The molecular formula is C14H21NO3. The minimum absolute atomic E-state index is 0.0345. The van der Waals surface area contributed by atoms with Crippen molar-refractivity contribution >= 4 is 5.69 Å². The summed E-state index contributed by atoms with van der Waals surface area (Å²) in [4.78, 5) is 10.3. The van der Waals surface area contributed by atoms with Crippen molar-refractivity contribution in [1.29, 1.82) is 0 Å². The Bertz CT molecular complexity index is 391. The zero-order valence-corrected chi connectivity index (χ0v) is 11.1. The number of ether oxygens (including phenoxy) is 1. The summed E-state index contributed by atoms with van der Waals surface area (Å²) in [6, 6.07) is 5.12. The van der Waals surface area contributed by atoms with E-state index in [0.717, 1.165) is 18.4 Å². The normalized spacial score (nSPS) is 10.3. The third-order valence-corrected chi connectivity index (χ3v) is 3.01. The molecule has 0 atom stereocenters. The van der Waals surface area contributed by atoms with Gasteiger partial charge in [0.15, 0.2) is 5.75 Å². The summed E-state index contributed by atoms with van der Waals surface area (Å²) in [7, 11) is 1.47. The fourth-order valence-electron chi connectivity index (χ4n) is 1.96. The van der Waals surface area contributed by atoms with Crippen LogP contribution in [-0.2, 0) is 6.42 Å². The van der Waals surface area contributed by atoms with E-state index in [-0.39, 0.29) is 5.69 Å². The number of aryl methyl sites for hydroxylation is 1. The molecule has 0 aliphatic heterocycles. The Morgan fingerprint density at radius 1 is 1.22 bits per heavy atom. The lowest BCUT2D eigenvalue weighted by atomic mass is 10.0. The van der Waals surface area contributed by atoms with Gasteiger partial charge in [0.05, 0.1) is 12.0 Å². The molecule has 1 rings (SSSR count). The minimum atomic E-state index is -0.413. The maximum absolute atomic E-state index is 10.7. The lowest BCUT2D eigenvalue weighted by Crippen LogP contribution is -1.95. The molecule has 0 N–H and O–H groups in total. The molecule has 0 unspecified atom stereocenters. The first kappa shape index (κ1) is 14.5. The molecule has 0 aromatic heterocycles. The van der Waals surface area contributed by atoms with Crippen molar-refractivity contribution in [2.24, 2.45) is 0 Å². The number of rotatable bonds is 8.